The molecule has 1 aliphatic heterocycles. The molecule has 2 atom stereocenters. The lowest BCUT2D eigenvalue weighted by Crippen LogP contribution is -2.46. The lowest BCUT2D eigenvalue weighted by Gasteiger charge is -2.34. The second kappa shape index (κ2) is 6.97. The van der Waals surface area contributed by atoms with Crippen LogP contribution in [0.3, 0.4) is 0 Å². The monoisotopic (exact) mass is 241 g/mol. The third-order valence-corrected chi connectivity index (χ3v) is 3.36. The third-order valence-electron chi connectivity index (χ3n) is 3.36. The van der Waals surface area contributed by atoms with Crippen LogP contribution in [-0.4, -0.2) is 43.0 Å². The standard InChI is InChI=1S/C13H27N3O/c1-10(2)7-15-13(17)9-16-6-4-5-12(8-16)11(3)14/h10-12H,4-9,14H2,1-3H3,(H,15,17). The smallest absolute Gasteiger partial charge is 0.234 e. The fourth-order valence-corrected chi connectivity index (χ4v) is 2.24. The molecular formula is C13H27N3O. The lowest BCUT2D eigenvalue weighted by atomic mass is 9.92. The van der Waals surface area contributed by atoms with Crippen molar-refractivity contribution in [2.24, 2.45) is 17.6 Å². The molecule has 1 amide bonds. The van der Waals surface area contributed by atoms with Crippen molar-refractivity contribution in [1.29, 1.82) is 0 Å². The Morgan fingerprint density at radius 1 is 1.47 bits per heavy atom. The molecule has 0 aromatic heterocycles. The average Bonchev–Trinajstić information content (AvgIpc) is 2.26. The number of nitrogens with zero attached hydrogens (tertiary/aromatic N) is 1. The van der Waals surface area contributed by atoms with Crippen LogP contribution >= 0.6 is 0 Å². The van der Waals surface area contributed by atoms with E-state index >= 15 is 0 Å². The van der Waals surface area contributed by atoms with Gasteiger partial charge in [0.05, 0.1) is 6.54 Å². The second-order valence-corrected chi connectivity index (χ2v) is 5.69. The van der Waals surface area contributed by atoms with E-state index in [0.29, 0.717) is 18.4 Å². The van der Waals surface area contributed by atoms with Gasteiger partial charge in [-0.05, 0) is 38.1 Å². The van der Waals surface area contributed by atoms with Gasteiger partial charge in [-0.2, -0.15) is 0 Å². The lowest BCUT2D eigenvalue weighted by molar-refractivity contribution is -0.122. The molecule has 1 aliphatic rings. The number of hydrogen-bond acceptors (Lipinski definition) is 3. The molecule has 1 heterocycles. The van der Waals surface area contributed by atoms with Crippen molar-refractivity contribution in [3.05, 3.63) is 0 Å². The first-order valence-electron chi connectivity index (χ1n) is 6.73. The number of piperidine rings is 1. The maximum Gasteiger partial charge on any atom is 0.234 e. The molecule has 0 bridgehead atoms. The van der Waals surface area contributed by atoms with Crippen LogP contribution in [0.1, 0.15) is 33.6 Å². The summed E-state index contributed by atoms with van der Waals surface area (Å²) in [6.07, 6.45) is 2.35. The number of nitrogens with one attached hydrogen (secondary N) is 1. The van der Waals surface area contributed by atoms with Crippen molar-refractivity contribution in [2.45, 2.75) is 39.7 Å². The summed E-state index contributed by atoms with van der Waals surface area (Å²) in [7, 11) is 0. The minimum absolute atomic E-state index is 0.143. The van der Waals surface area contributed by atoms with Gasteiger partial charge in [-0.15, -0.1) is 0 Å². The molecule has 100 valence electrons. The Balaban J connectivity index is 2.28. The van der Waals surface area contributed by atoms with Crippen LogP contribution < -0.4 is 11.1 Å². The first-order chi connectivity index (χ1) is 7.99. The Morgan fingerprint density at radius 3 is 2.76 bits per heavy atom. The predicted molar refractivity (Wildman–Crippen MR) is 70.7 cm³/mol. The van der Waals surface area contributed by atoms with Crippen molar-refractivity contribution in [1.82, 2.24) is 10.2 Å². The van der Waals surface area contributed by atoms with Crippen LogP contribution in [-0.2, 0) is 4.79 Å². The summed E-state index contributed by atoms with van der Waals surface area (Å²) < 4.78 is 0. The molecule has 4 heteroatoms. The maximum absolute atomic E-state index is 11.7. The number of carbonyl (C=O) groups is 1. The summed E-state index contributed by atoms with van der Waals surface area (Å²) in [5, 5.41) is 2.96. The quantitative estimate of drug-likeness (QED) is 0.749. The Labute approximate surface area is 105 Å². The Kier molecular flexibility index (Phi) is 5.92. The van der Waals surface area contributed by atoms with Gasteiger partial charge in [0.25, 0.3) is 0 Å². The largest absolute Gasteiger partial charge is 0.355 e. The number of nitrogens with two attached hydrogens (primary N) is 1. The van der Waals surface area contributed by atoms with Crippen LogP contribution in [0, 0.1) is 11.8 Å². The summed E-state index contributed by atoms with van der Waals surface area (Å²) in [5.41, 5.74) is 5.93. The van der Waals surface area contributed by atoms with Gasteiger partial charge in [0.15, 0.2) is 0 Å². The summed E-state index contributed by atoms with van der Waals surface area (Å²) in [6, 6.07) is 0.233. The first kappa shape index (κ1) is 14.5. The molecule has 0 spiro atoms. The number of amides is 1. The van der Waals surface area contributed by atoms with Crippen LogP contribution in [0.25, 0.3) is 0 Å². The fourth-order valence-electron chi connectivity index (χ4n) is 2.24. The van der Waals surface area contributed by atoms with E-state index in [2.05, 4.69) is 31.0 Å². The van der Waals surface area contributed by atoms with Crippen LogP contribution in [0.15, 0.2) is 0 Å². The van der Waals surface area contributed by atoms with E-state index in [1.54, 1.807) is 0 Å². The van der Waals surface area contributed by atoms with E-state index in [9.17, 15) is 4.79 Å². The molecule has 1 rings (SSSR count). The molecule has 0 radical (unpaired) electrons. The Bertz CT molecular complexity index is 241. The molecule has 1 saturated heterocycles. The van der Waals surface area contributed by atoms with Crippen molar-refractivity contribution in [3.63, 3.8) is 0 Å². The topological polar surface area (TPSA) is 58.4 Å². The van der Waals surface area contributed by atoms with Gasteiger partial charge in [0.2, 0.25) is 5.91 Å². The average molecular weight is 241 g/mol. The number of likely N-dealkylation sites (tertiary alicyclic amines) is 1. The highest BCUT2D eigenvalue weighted by molar-refractivity contribution is 5.78. The van der Waals surface area contributed by atoms with Gasteiger partial charge in [-0.25, -0.2) is 0 Å². The molecule has 0 aliphatic carbocycles. The molecular weight excluding hydrogens is 214 g/mol. The molecule has 3 N–H and O–H groups in total. The van der Waals surface area contributed by atoms with E-state index in [4.69, 9.17) is 5.73 Å². The number of carbonyl (C=O) groups excluding carboxylic acids is 1. The normalized spacial score (nSPS) is 23.7. The summed E-state index contributed by atoms with van der Waals surface area (Å²) in [6.45, 7) is 9.55. The number of rotatable bonds is 5. The minimum Gasteiger partial charge on any atom is -0.355 e. The zero-order valence-electron chi connectivity index (χ0n) is 11.4. The third kappa shape index (κ3) is 5.50. The molecule has 4 nitrogen and oxygen atoms in total. The van der Waals surface area contributed by atoms with Crippen molar-refractivity contribution < 1.29 is 4.79 Å². The highest BCUT2D eigenvalue weighted by Crippen LogP contribution is 2.18. The van der Waals surface area contributed by atoms with Crippen molar-refractivity contribution >= 4 is 5.91 Å². The van der Waals surface area contributed by atoms with Gasteiger partial charge in [0, 0.05) is 19.1 Å². The van der Waals surface area contributed by atoms with Crippen LogP contribution in [0.2, 0.25) is 0 Å². The van der Waals surface area contributed by atoms with Crippen molar-refractivity contribution in [2.75, 3.05) is 26.2 Å². The number of hydrogen-bond donors (Lipinski definition) is 2. The van der Waals surface area contributed by atoms with Crippen LogP contribution in [0.4, 0.5) is 0 Å². The van der Waals surface area contributed by atoms with Gasteiger partial charge in [0.1, 0.15) is 0 Å². The predicted octanol–water partition coefficient (Wildman–Crippen LogP) is 0.818. The van der Waals surface area contributed by atoms with Gasteiger partial charge < -0.3 is 11.1 Å². The molecule has 1 fully saturated rings. The van der Waals surface area contributed by atoms with E-state index in [1.807, 2.05) is 0 Å². The highest BCUT2D eigenvalue weighted by atomic mass is 16.2. The van der Waals surface area contributed by atoms with E-state index in [-0.39, 0.29) is 11.9 Å². The summed E-state index contributed by atoms with van der Waals surface area (Å²) >= 11 is 0. The molecule has 2 unspecified atom stereocenters. The van der Waals surface area contributed by atoms with Crippen LogP contribution in [0.5, 0.6) is 0 Å². The van der Waals surface area contributed by atoms with E-state index in [1.165, 1.54) is 6.42 Å². The Hall–Kier alpha value is -0.610. The zero-order valence-corrected chi connectivity index (χ0v) is 11.4. The minimum atomic E-state index is 0.143. The maximum atomic E-state index is 11.7. The zero-order chi connectivity index (χ0) is 12.8. The van der Waals surface area contributed by atoms with E-state index in [0.717, 1.165) is 26.1 Å². The molecule has 0 aromatic rings. The summed E-state index contributed by atoms with van der Waals surface area (Å²) in [5.74, 6) is 1.20. The van der Waals surface area contributed by atoms with E-state index < -0.39 is 0 Å². The first-order valence-corrected chi connectivity index (χ1v) is 6.73. The van der Waals surface area contributed by atoms with Gasteiger partial charge >= 0.3 is 0 Å². The second-order valence-electron chi connectivity index (χ2n) is 5.69. The van der Waals surface area contributed by atoms with Crippen molar-refractivity contribution in [3.8, 4) is 0 Å². The molecule has 0 saturated carbocycles. The molecule has 0 aromatic carbocycles. The fraction of sp³-hybridized carbons (Fsp3) is 0.923. The SMILES string of the molecule is CC(C)CNC(=O)CN1CCCC(C(C)N)C1. The molecule has 17 heavy (non-hydrogen) atoms. The van der Waals surface area contributed by atoms with Gasteiger partial charge in [-0.1, -0.05) is 13.8 Å². The van der Waals surface area contributed by atoms with Gasteiger partial charge in [-0.3, -0.25) is 9.69 Å². The summed E-state index contributed by atoms with van der Waals surface area (Å²) in [4.78, 5) is 13.9. The Morgan fingerprint density at radius 2 is 2.18 bits per heavy atom. The highest BCUT2D eigenvalue weighted by Gasteiger charge is 2.23.